The average molecular weight is 759 g/mol. The molecule has 5 rings (SSSR count). The molecule has 1 radical (unpaired) electrons. The van der Waals surface area contributed by atoms with E-state index in [4.69, 9.17) is 0 Å². The van der Waals surface area contributed by atoms with Crippen LogP contribution in [0, 0.1) is 42.6 Å². The fraction of sp³-hybridized carbons (Fsp3) is 0.538. The predicted octanol–water partition coefficient (Wildman–Crippen LogP) is 10.9. The Morgan fingerprint density at radius 1 is 0.907 bits per heavy atom. The average Bonchev–Trinajstić information content (AvgIpc) is 2.92. The fourth-order valence-corrected chi connectivity index (χ4v) is 6.55. The summed E-state index contributed by atoms with van der Waals surface area (Å²) < 4.78 is 0. The van der Waals surface area contributed by atoms with Gasteiger partial charge in [0.2, 0.25) is 0 Å². The van der Waals surface area contributed by atoms with Crippen LogP contribution in [0.25, 0.3) is 22.0 Å². The molecule has 2 aliphatic rings. The number of hydrogen-bond donors (Lipinski definition) is 1. The van der Waals surface area contributed by atoms with E-state index in [0.29, 0.717) is 22.5 Å². The third-order valence-corrected chi connectivity index (χ3v) is 9.65. The van der Waals surface area contributed by atoms with Crippen LogP contribution < -0.4 is 0 Å². The van der Waals surface area contributed by atoms with Crippen molar-refractivity contribution in [1.82, 2.24) is 4.98 Å². The number of benzene rings is 2. The van der Waals surface area contributed by atoms with Crippen molar-refractivity contribution in [2.45, 2.75) is 113 Å². The maximum absolute atomic E-state index is 12.4. The molecule has 0 atom stereocenters. The van der Waals surface area contributed by atoms with E-state index in [2.05, 4.69) is 103 Å². The van der Waals surface area contributed by atoms with E-state index < -0.39 is 0 Å². The molecule has 2 saturated carbocycles. The zero-order chi connectivity index (χ0) is 30.7. The van der Waals surface area contributed by atoms with Gasteiger partial charge < -0.3 is 10.1 Å². The molecule has 0 saturated heterocycles. The molecule has 0 aliphatic heterocycles. The Balaban J connectivity index is 0.000000230. The minimum absolute atomic E-state index is 0. The van der Waals surface area contributed by atoms with Crippen LogP contribution in [-0.2, 0) is 24.9 Å². The van der Waals surface area contributed by atoms with Gasteiger partial charge in [-0.3, -0.25) is 4.79 Å². The molecule has 1 N–H and O–H groups in total. The predicted molar refractivity (Wildman–Crippen MR) is 177 cm³/mol. The van der Waals surface area contributed by atoms with Gasteiger partial charge in [0, 0.05) is 44.2 Å². The SMILES string of the molecule is CC1(C)CCC(C(=O)/C=C(\O)C2CCC(C)(C)CC2)CC1.Cc1[c-]c(-c2nccc3cc(C(C)C)ccc23)cc(C)c1.[Ir]. The van der Waals surface area contributed by atoms with Crippen molar-refractivity contribution in [3.8, 4) is 11.3 Å². The fourth-order valence-electron chi connectivity index (χ4n) is 6.55. The first kappa shape index (κ1) is 35.2. The standard InChI is InChI=1S/C20H20N.C19H32O2.Ir/c1-13(2)16-5-6-19-17(12-16)7-8-21-20(19)18-10-14(3)9-15(4)11-18;1-18(2)9-5-14(6-10-18)16(20)13-17(21)15-7-11-19(3,4)12-8-15;/h5-10,12-13H,1-4H3;13-15,20H,5-12H2,1-4H3;/q-1;;/b;16-13-;. The summed E-state index contributed by atoms with van der Waals surface area (Å²) in [5.74, 6) is 1.40. The van der Waals surface area contributed by atoms with Crippen molar-refractivity contribution in [3.05, 3.63) is 77.2 Å². The van der Waals surface area contributed by atoms with Crippen molar-refractivity contribution in [1.29, 1.82) is 0 Å². The molecule has 0 amide bonds. The normalized spacial score (nSPS) is 19.0. The second kappa shape index (κ2) is 14.7. The van der Waals surface area contributed by atoms with Crippen molar-refractivity contribution in [2.75, 3.05) is 0 Å². The van der Waals surface area contributed by atoms with Crippen molar-refractivity contribution in [3.63, 3.8) is 0 Å². The molecule has 1 aromatic heterocycles. The zero-order valence-electron chi connectivity index (χ0n) is 27.6. The number of aromatic nitrogens is 1. The molecule has 0 bridgehead atoms. The van der Waals surface area contributed by atoms with E-state index in [0.717, 1.165) is 68.2 Å². The third-order valence-electron chi connectivity index (χ3n) is 9.65. The van der Waals surface area contributed by atoms with Gasteiger partial charge in [0.1, 0.15) is 0 Å². The number of fused-ring (bicyclic) bond motifs is 1. The van der Waals surface area contributed by atoms with Gasteiger partial charge >= 0.3 is 0 Å². The number of rotatable bonds is 5. The van der Waals surface area contributed by atoms with E-state index in [1.165, 1.54) is 21.9 Å². The monoisotopic (exact) mass is 759 g/mol. The van der Waals surface area contributed by atoms with Gasteiger partial charge in [-0.1, -0.05) is 73.6 Å². The quantitative estimate of drug-likeness (QED) is 0.160. The first-order valence-corrected chi connectivity index (χ1v) is 16.1. The number of ketones is 1. The minimum Gasteiger partial charge on any atom is -0.512 e. The third kappa shape index (κ3) is 9.60. The Labute approximate surface area is 274 Å². The van der Waals surface area contributed by atoms with Crippen LogP contribution in [0.2, 0.25) is 0 Å². The van der Waals surface area contributed by atoms with Crippen LogP contribution in [-0.4, -0.2) is 15.9 Å². The maximum Gasteiger partial charge on any atom is 0.162 e. The number of aliphatic hydroxyl groups is 1. The smallest absolute Gasteiger partial charge is 0.162 e. The van der Waals surface area contributed by atoms with Crippen LogP contribution in [0.15, 0.2) is 54.4 Å². The van der Waals surface area contributed by atoms with E-state index in [-0.39, 0.29) is 37.7 Å². The molecule has 2 aliphatic carbocycles. The first-order valence-electron chi connectivity index (χ1n) is 16.1. The molecular weight excluding hydrogens is 707 g/mol. The van der Waals surface area contributed by atoms with Gasteiger partial charge in [-0.25, -0.2) is 0 Å². The van der Waals surface area contributed by atoms with Gasteiger partial charge in [0.25, 0.3) is 0 Å². The Kier molecular flexibility index (Phi) is 12.0. The number of pyridine rings is 1. The molecule has 43 heavy (non-hydrogen) atoms. The molecule has 2 fully saturated rings. The molecule has 0 spiro atoms. The Bertz CT molecular complexity index is 1390. The van der Waals surface area contributed by atoms with Crippen LogP contribution in [0.1, 0.15) is 116 Å². The summed E-state index contributed by atoms with van der Waals surface area (Å²) in [6, 6.07) is 16.5. The number of aliphatic hydroxyl groups excluding tert-OH is 1. The van der Waals surface area contributed by atoms with Gasteiger partial charge in [-0.05, 0) is 96.2 Å². The molecule has 0 unspecified atom stereocenters. The number of aryl methyl sites for hydroxylation is 2. The van der Waals surface area contributed by atoms with Crippen LogP contribution in [0.4, 0.5) is 0 Å². The summed E-state index contributed by atoms with van der Waals surface area (Å²) in [7, 11) is 0. The molecular formula is C39H52IrNO2-. The molecule has 4 heteroatoms. The Morgan fingerprint density at radius 3 is 2.05 bits per heavy atom. The molecule has 2 aromatic carbocycles. The Hall–Kier alpha value is -2.29. The van der Waals surface area contributed by atoms with Gasteiger partial charge in [0.05, 0.1) is 5.76 Å². The summed E-state index contributed by atoms with van der Waals surface area (Å²) in [6.45, 7) is 17.8. The van der Waals surface area contributed by atoms with Gasteiger partial charge in [-0.15, -0.1) is 34.9 Å². The maximum atomic E-state index is 12.4. The largest absolute Gasteiger partial charge is 0.512 e. The molecule has 3 nitrogen and oxygen atoms in total. The van der Waals surface area contributed by atoms with E-state index in [1.807, 2.05) is 6.20 Å². The number of hydrogen-bond acceptors (Lipinski definition) is 3. The van der Waals surface area contributed by atoms with Crippen molar-refractivity contribution >= 4 is 16.6 Å². The van der Waals surface area contributed by atoms with Gasteiger partial charge in [-0.2, -0.15) is 0 Å². The van der Waals surface area contributed by atoms with E-state index in [1.54, 1.807) is 6.08 Å². The van der Waals surface area contributed by atoms with Crippen LogP contribution in [0.3, 0.4) is 0 Å². The summed E-state index contributed by atoms with van der Waals surface area (Å²) in [4.78, 5) is 17.0. The van der Waals surface area contributed by atoms with Crippen LogP contribution in [0.5, 0.6) is 0 Å². The second-order valence-electron chi connectivity index (χ2n) is 14.9. The van der Waals surface area contributed by atoms with E-state index in [9.17, 15) is 9.90 Å². The van der Waals surface area contributed by atoms with Crippen molar-refractivity contribution in [2.24, 2.45) is 22.7 Å². The second-order valence-corrected chi connectivity index (χ2v) is 14.9. The zero-order valence-corrected chi connectivity index (χ0v) is 30.0. The summed E-state index contributed by atoms with van der Waals surface area (Å²) in [5.41, 5.74) is 6.66. The Morgan fingerprint density at radius 2 is 1.49 bits per heavy atom. The summed E-state index contributed by atoms with van der Waals surface area (Å²) in [5, 5.41) is 12.7. The number of nitrogens with zero attached hydrogens (tertiary/aromatic N) is 1. The molecule has 235 valence electrons. The van der Waals surface area contributed by atoms with Crippen molar-refractivity contribution < 1.29 is 30.0 Å². The number of allylic oxidation sites excluding steroid dienone is 2. The number of carbonyl (C=O) groups is 1. The van der Waals surface area contributed by atoms with Gasteiger partial charge in [0.15, 0.2) is 5.78 Å². The molecule has 1 heterocycles. The van der Waals surface area contributed by atoms with Crippen LogP contribution >= 0.6 is 0 Å². The summed E-state index contributed by atoms with van der Waals surface area (Å²) >= 11 is 0. The number of carbonyl (C=O) groups excluding carboxylic acids is 1. The summed E-state index contributed by atoms with van der Waals surface area (Å²) in [6.07, 6.45) is 12.0. The minimum atomic E-state index is 0. The first-order chi connectivity index (χ1) is 19.7. The molecule has 3 aromatic rings. The van der Waals surface area contributed by atoms with E-state index >= 15 is 0 Å². The topological polar surface area (TPSA) is 50.2 Å².